The van der Waals surface area contributed by atoms with E-state index in [9.17, 15) is 4.79 Å². The van der Waals surface area contributed by atoms with E-state index >= 15 is 0 Å². The average Bonchev–Trinajstić information content (AvgIpc) is 2.88. The van der Waals surface area contributed by atoms with Crippen LogP contribution in [0.3, 0.4) is 0 Å². The van der Waals surface area contributed by atoms with Crippen molar-refractivity contribution in [1.29, 1.82) is 0 Å². The molecule has 106 valence electrons. The Labute approximate surface area is 110 Å². The molecule has 1 atom stereocenters. The van der Waals surface area contributed by atoms with E-state index in [1.165, 1.54) is 25.9 Å². The molecule has 0 aromatic carbocycles. The van der Waals surface area contributed by atoms with Gasteiger partial charge in [-0.25, -0.2) is 0 Å². The third-order valence-corrected chi connectivity index (χ3v) is 3.44. The van der Waals surface area contributed by atoms with Crippen LogP contribution in [0.25, 0.3) is 0 Å². The molecule has 2 N–H and O–H groups in total. The monoisotopic (exact) mass is 257 g/mol. The van der Waals surface area contributed by atoms with Crippen LogP contribution in [0.4, 0.5) is 0 Å². The summed E-state index contributed by atoms with van der Waals surface area (Å²) in [6.07, 6.45) is 2.83. The van der Waals surface area contributed by atoms with E-state index in [0.717, 1.165) is 13.1 Å². The lowest BCUT2D eigenvalue weighted by Crippen LogP contribution is -2.38. The standard InChI is InChI=1S/C13H27N3O2/c1-3-18-12(11-14)10-13(17)15(2)8-9-16-6-4-5-7-16/h12H,3-11,14H2,1-2H3. The van der Waals surface area contributed by atoms with Gasteiger partial charge in [-0.05, 0) is 32.9 Å². The number of carbonyl (C=O) groups excluding carboxylic acids is 1. The number of hydrogen-bond donors (Lipinski definition) is 1. The van der Waals surface area contributed by atoms with Gasteiger partial charge in [-0.3, -0.25) is 4.79 Å². The van der Waals surface area contributed by atoms with Crippen LogP contribution in [0.1, 0.15) is 26.2 Å². The summed E-state index contributed by atoms with van der Waals surface area (Å²) in [4.78, 5) is 16.2. The lowest BCUT2D eigenvalue weighted by atomic mass is 10.2. The highest BCUT2D eigenvalue weighted by atomic mass is 16.5. The van der Waals surface area contributed by atoms with Crippen LogP contribution in [-0.2, 0) is 9.53 Å². The van der Waals surface area contributed by atoms with E-state index in [-0.39, 0.29) is 12.0 Å². The van der Waals surface area contributed by atoms with Crippen molar-refractivity contribution in [2.75, 3.05) is 46.4 Å². The van der Waals surface area contributed by atoms with Crippen LogP contribution in [0.5, 0.6) is 0 Å². The summed E-state index contributed by atoms with van der Waals surface area (Å²) >= 11 is 0. The molecule has 1 heterocycles. The van der Waals surface area contributed by atoms with Gasteiger partial charge >= 0.3 is 0 Å². The molecule has 1 aliphatic rings. The number of likely N-dealkylation sites (tertiary alicyclic amines) is 1. The van der Waals surface area contributed by atoms with E-state index in [1.807, 2.05) is 14.0 Å². The molecule has 1 fully saturated rings. The third-order valence-electron chi connectivity index (χ3n) is 3.44. The first-order valence-electron chi connectivity index (χ1n) is 6.95. The fourth-order valence-corrected chi connectivity index (χ4v) is 2.22. The number of likely N-dealkylation sites (N-methyl/N-ethyl adjacent to an activating group) is 1. The Kier molecular flexibility index (Phi) is 7.23. The molecule has 0 spiro atoms. The van der Waals surface area contributed by atoms with Gasteiger partial charge in [0, 0.05) is 33.3 Å². The number of ether oxygens (including phenoxy) is 1. The smallest absolute Gasteiger partial charge is 0.225 e. The first-order chi connectivity index (χ1) is 8.67. The second kappa shape index (κ2) is 8.45. The van der Waals surface area contributed by atoms with Crippen LogP contribution >= 0.6 is 0 Å². The summed E-state index contributed by atoms with van der Waals surface area (Å²) in [6.45, 7) is 7.04. The average molecular weight is 257 g/mol. The molecule has 0 aliphatic carbocycles. The van der Waals surface area contributed by atoms with Crippen molar-refractivity contribution >= 4 is 5.91 Å². The Hall–Kier alpha value is -0.650. The summed E-state index contributed by atoms with van der Waals surface area (Å²) in [5.41, 5.74) is 5.58. The summed E-state index contributed by atoms with van der Waals surface area (Å²) in [6, 6.07) is 0. The minimum absolute atomic E-state index is 0.123. The van der Waals surface area contributed by atoms with Gasteiger partial charge in [0.05, 0.1) is 12.5 Å². The Morgan fingerprint density at radius 1 is 1.44 bits per heavy atom. The highest BCUT2D eigenvalue weighted by molar-refractivity contribution is 5.76. The normalized spacial score (nSPS) is 17.9. The maximum absolute atomic E-state index is 12.0. The summed E-state index contributed by atoms with van der Waals surface area (Å²) in [5, 5.41) is 0. The fraction of sp³-hybridized carbons (Fsp3) is 0.923. The molecular formula is C13H27N3O2. The number of amides is 1. The minimum Gasteiger partial charge on any atom is -0.377 e. The SMILES string of the molecule is CCOC(CN)CC(=O)N(C)CCN1CCCC1. The van der Waals surface area contributed by atoms with Crippen LogP contribution < -0.4 is 5.73 Å². The summed E-state index contributed by atoms with van der Waals surface area (Å²) in [5.74, 6) is 0.123. The van der Waals surface area contributed by atoms with Crippen molar-refractivity contribution in [2.24, 2.45) is 5.73 Å². The van der Waals surface area contributed by atoms with E-state index in [2.05, 4.69) is 4.90 Å². The lowest BCUT2D eigenvalue weighted by Gasteiger charge is -2.23. The van der Waals surface area contributed by atoms with Crippen molar-refractivity contribution in [1.82, 2.24) is 9.80 Å². The molecule has 5 heteroatoms. The Morgan fingerprint density at radius 3 is 2.67 bits per heavy atom. The van der Waals surface area contributed by atoms with Gasteiger partial charge in [-0.15, -0.1) is 0 Å². The van der Waals surface area contributed by atoms with Gasteiger partial charge in [0.25, 0.3) is 0 Å². The van der Waals surface area contributed by atoms with Gasteiger partial charge in [-0.1, -0.05) is 0 Å². The molecule has 1 saturated heterocycles. The first-order valence-corrected chi connectivity index (χ1v) is 6.95. The third kappa shape index (κ3) is 5.33. The maximum Gasteiger partial charge on any atom is 0.225 e. The summed E-state index contributed by atoms with van der Waals surface area (Å²) < 4.78 is 5.41. The fourth-order valence-electron chi connectivity index (χ4n) is 2.22. The van der Waals surface area contributed by atoms with Crippen molar-refractivity contribution in [3.8, 4) is 0 Å². The molecule has 1 rings (SSSR count). The number of nitrogens with zero attached hydrogens (tertiary/aromatic N) is 2. The van der Waals surface area contributed by atoms with Crippen molar-refractivity contribution in [3.63, 3.8) is 0 Å². The molecule has 1 amide bonds. The highest BCUT2D eigenvalue weighted by Gasteiger charge is 2.17. The Bertz CT molecular complexity index is 242. The zero-order valence-electron chi connectivity index (χ0n) is 11.7. The number of carbonyl (C=O) groups is 1. The molecule has 0 saturated carbocycles. The molecule has 0 bridgehead atoms. The number of rotatable bonds is 8. The van der Waals surface area contributed by atoms with E-state index in [4.69, 9.17) is 10.5 Å². The van der Waals surface area contributed by atoms with Gasteiger partial charge < -0.3 is 20.3 Å². The Balaban J connectivity index is 2.22. The quantitative estimate of drug-likeness (QED) is 0.679. The molecule has 5 nitrogen and oxygen atoms in total. The maximum atomic E-state index is 12.0. The second-order valence-electron chi connectivity index (χ2n) is 4.88. The van der Waals surface area contributed by atoms with E-state index in [0.29, 0.717) is 19.6 Å². The topological polar surface area (TPSA) is 58.8 Å². The van der Waals surface area contributed by atoms with Gasteiger partial charge in [-0.2, -0.15) is 0 Å². The number of hydrogen-bond acceptors (Lipinski definition) is 4. The predicted molar refractivity (Wildman–Crippen MR) is 72.4 cm³/mol. The zero-order chi connectivity index (χ0) is 13.4. The molecule has 1 unspecified atom stereocenters. The van der Waals surface area contributed by atoms with Crippen molar-refractivity contribution < 1.29 is 9.53 Å². The lowest BCUT2D eigenvalue weighted by molar-refractivity contribution is -0.132. The molecular weight excluding hydrogens is 230 g/mol. The second-order valence-corrected chi connectivity index (χ2v) is 4.88. The van der Waals surface area contributed by atoms with Gasteiger partial charge in [0.15, 0.2) is 0 Å². The van der Waals surface area contributed by atoms with Crippen LogP contribution in [0.15, 0.2) is 0 Å². The van der Waals surface area contributed by atoms with E-state index < -0.39 is 0 Å². The zero-order valence-corrected chi connectivity index (χ0v) is 11.7. The highest BCUT2D eigenvalue weighted by Crippen LogP contribution is 2.07. The minimum atomic E-state index is -0.142. The summed E-state index contributed by atoms with van der Waals surface area (Å²) in [7, 11) is 1.86. The van der Waals surface area contributed by atoms with Crippen LogP contribution in [0, 0.1) is 0 Å². The molecule has 1 aliphatic heterocycles. The van der Waals surface area contributed by atoms with Crippen molar-refractivity contribution in [2.45, 2.75) is 32.3 Å². The van der Waals surface area contributed by atoms with Crippen LogP contribution in [-0.4, -0.2) is 68.2 Å². The van der Waals surface area contributed by atoms with Gasteiger partial charge in [0.2, 0.25) is 5.91 Å². The van der Waals surface area contributed by atoms with Crippen molar-refractivity contribution in [3.05, 3.63) is 0 Å². The molecule has 0 aromatic rings. The predicted octanol–water partition coefficient (Wildman–Crippen LogP) is 0.295. The van der Waals surface area contributed by atoms with Crippen LogP contribution in [0.2, 0.25) is 0 Å². The number of nitrogens with two attached hydrogens (primary N) is 1. The van der Waals surface area contributed by atoms with Gasteiger partial charge in [0.1, 0.15) is 0 Å². The first kappa shape index (κ1) is 15.4. The molecule has 0 aromatic heterocycles. The van der Waals surface area contributed by atoms with E-state index in [1.54, 1.807) is 4.90 Å². The largest absolute Gasteiger partial charge is 0.377 e. The Morgan fingerprint density at radius 2 is 2.11 bits per heavy atom. The molecule has 18 heavy (non-hydrogen) atoms. The molecule has 0 radical (unpaired) electrons.